The molecule has 0 saturated carbocycles. The first kappa shape index (κ1) is 16.8. The summed E-state index contributed by atoms with van der Waals surface area (Å²) in [6.45, 7) is 2.03. The maximum Gasteiger partial charge on any atom is 0.317 e. The van der Waals surface area contributed by atoms with Crippen LogP contribution in [0.5, 0.6) is 5.75 Å². The molecule has 0 radical (unpaired) electrons. The second kappa shape index (κ2) is 7.68. The maximum atomic E-state index is 12.2. The van der Waals surface area contributed by atoms with Crippen LogP contribution in [0.4, 0.5) is 4.79 Å². The van der Waals surface area contributed by atoms with Crippen LogP contribution < -0.4 is 10.6 Å². The van der Waals surface area contributed by atoms with E-state index in [-0.39, 0.29) is 12.1 Å². The summed E-state index contributed by atoms with van der Waals surface area (Å²) in [5, 5.41) is 20.1. The van der Waals surface area contributed by atoms with Crippen molar-refractivity contribution in [2.24, 2.45) is 0 Å². The van der Waals surface area contributed by atoms with Crippen LogP contribution in [0.25, 0.3) is 0 Å². The average Bonchev–Trinajstić information content (AvgIpc) is 3.11. The molecule has 0 bridgehead atoms. The van der Waals surface area contributed by atoms with Crippen molar-refractivity contribution < 1.29 is 9.90 Å². The van der Waals surface area contributed by atoms with Gasteiger partial charge in [-0.1, -0.05) is 6.07 Å². The van der Waals surface area contributed by atoms with Crippen LogP contribution in [0.15, 0.2) is 35.0 Å². The molecule has 3 N–H and O–H groups in total. The van der Waals surface area contributed by atoms with Crippen molar-refractivity contribution in [3.8, 4) is 5.75 Å². The van der Waals surface area contributed by atoms with Gasteiger partial charge in [-0.15, -0.1) is 0 Å². The summed E-state index contributed by atoms with van der Waals surface area (Å²) in [6.07, 6.45) is 1.74. The standard InChI is InChI=1S/C18H23N3O2S/c1-21(6-4-13-5-7-24-12-13)18(23)20-11-16-8-14-2-3-17(22)9-15(14)10-19-16/h2-3,5,7,9,12,16,19,22H,4,6,8,10-11H2,1H3,(H,20,23)/t16-/m0/s1. The number of rotatable bonds is 5. The average molecular weight is 345 g/mol. The monoisotopic (exact) mass is 345 g/mol. The Labute approximate surface area is 146 Å². The van der Waals surface area contributed by atoms with E-state index in [2.05, 4.69) is 27.5 Å². The van der Waals surface area contributed by atoms with Crippen molar-refractivity contribution in [2.45, 2.75) is 25.4 Å². The van der Waals surface area contributed by atoms with E-state index in [4.69, 9.17) is 0 Å². The van der Waals surface area contributed by atoms with Gasteiger partial charge in [0.25, 0.3) is 0 Å². The summed E-state index contributed by atoms with van der Waals surface area (Å²) >= 11 is 1.68. The summed E-state index contributed by atoms with van der Waals surface area (Å²) in [5.41, 5.74) is 3.63. The highest BCUT2D eigenvalue weighted by atomic mass is 32.1. The number of likely N-dealkylation sites (N-methyl/N-ethyl adjacent to an activating group) is 1. The summed E-state index contributed by atoms with van der Waals surface area (Å²) in [6, 6.07) is 7.76. The molecule has 6 heteroatoms. The minimum Gasteiger partial charge on any atom is -0.508 e. The Kier molecular flexibility index (Phi) is 5.37. The maximum absolute atomic E-state index is 12.2. The number of amides is 2. The molecule has 1 atom stereocenters. The minimum absolute atomic E-state index is 0.0384. The largest absolute Gasteiger partial charge is 0.508 e. The van der Waals surface area contributed by atoms with Crippen molar-refractivity contribution in [3.05, 3.63) is 51.7 Å². The lowest BCUT2D eigenvalue weighted by Crippen LogP contribution is -2.47. The fourth-order valence-electron chi connectivity index (χ4n) is 2.89. The number of nitrogens with one attached hydrogen (secondary N) is 2. The molecule has 1 aromatic carbocycles. The highest BCUT2D eigenvalue weighted by Gasteiger charge is 2.19. The fourth-order valence-corrected chi connectivity index (χ4v) is 3.59. The zero-order valence-electron chi connectivity index (χ0n) is 13.8. The van der Waals surface area contributed by atoms with Gasteiger partial charge in [-0.05, 0) is 58.5 Å². The van der Waals surface area contributed by atoms with Crippen LogP contribution in [-0.2, 0) is 19.4 Å². The number of urea groups is 1. The Morgan fingerprint density at radius 3 is 3.08 bits per heavy atom. The third-order valence-electron chi connectivity index (χ3n) is 4.40. The molecule has 128 valence electrons. The predicted octanol–water partition coefficient (Wildman–Crippen LogP) is 2.35. The number of carbonyl (C=O) groups is 1. The summed E-state index contributed by atoms with van der Waals surface area (Å²) < 4.78 is 0. The van der Waals surface area contributed by atoms with E-state index in [0.29, 0.717) is 18.8 Å². The summed E-state index contributed by atoms with van der Waals surface area (Å²) in [4.78, 5) is 13.9. The normalized spacial score (nSPS) is 16.5. The number of nitrogens with zero attached hydrogens (tertiary/aromatic N) is 1. The van der Waals surface area contributed by atoms with Crippen molar-refractivity contribution >= 4 is 17.4 Å². The molecule has 5 nitrogen and oxygen atoms in total. The predicted molar refractivity (Wildman–Crippen MR) is 96.5 cm³/mol. The lowest BCUT2D eigenvalue weighted by atomic mass is 9.95. The minimum atomic E-state index is -0.0384. The molecule has 1 aliphatic rings. The summed E-state index contributed by atoms with van der Waals surface area (Å²) in [7, 11) is 1.83. The molecule has 0 unspecified atom stereocenters. The van der Waals surface area contributed by atoms with Crippen LogP contribution >= 0.6 is 11.3 Å². The van der Waals surface area contributed by atoms with E-state index in [1.54, 1.807) is 28.4 Å². The number of thiophene rings is 1. The van der Waals surface area contributed by atoms with Gasteiger partial charge in [0, 0.05) is 32.7 Å². The van der Waals surface area contributed by atoms with Gasteiger partial charge in [-0.2, -0.15) is 11.3 Å². The first-order valence-electron chi connectivity index (χ1n) is 8.16. The zero-order chi connectivity index (χ0) is 16.9. The molecule has 0 fully saturated rings. The van der Waals surface area contributed by atoms with Gasteiger partial charge < -0.3 is 20.6 Å². The molecule has 2 amide bonds. The molecule has 1 aliphatic heterocycles. The Hall–Kier alpha value is -2.05. The molecule has 3 rings (SSSR count). The second-order valence-corrected chi connectivity index (χ2v) is 7.00. The van der Waals surface area contributed by atoms with Crippen LogP contribution in [0.1, 0.15) is 16.7 Å². The number of hydrogen-bond acceptors (Lipinski definition) is 4. The van der Waals surface area contributed by atoms with Crippen LogP contribution in [-0.4, -0.2) is 42.2 Å². The number of aromatic hydroxyl groups is 1. The molecule has 1 aromatic heterocycles. The first-order valence-corrected chi connectivity index (χ1v) is 9.10. The van der Waals surface area contributed by atoms with E-state index in [0.717, 1.165) is 24.9 Å². The Morgan fingerprint density at radius 1 is 1.42 bits per heavy atom. The lowest BCUT2D eigenvalue weighted by molar-refractivity contribution is 0.207. The van der Waals surface area contributed by atoms with Crippen molar-refractivity contribution in [3.63, 3.8) is 0 Å². The Morgan fingerprint density at radius 2 is 2.29 bits per heavy atom. The van der Waals surface area contributed by atoms with E-state index in [9.17, 15) is 9.90 Å². The van der Waals surface area contributed by atoms with Crippen molar-refractivity contribution in [2.75, 3.05) is 20.1 Å². The highest BCUT2D eigenvalue weighted by Crippen LogP contribution is 2.21. The van der Waals surface area contributed by atoms with E-state index >= 15 is 0 Å². The third kappa shape index (κ3) is 4.27. The van der Waals surface area contributed by atoms with E-state index in [1.165, 1.54) is 11.1 Å². The van der Waals surface area contributed by atoms with Crippen molar-refractivity contribution in [1.29, 1.82) is 0 Å². The second-order valence-electron chi connectivity index (χ2n) is 6.22. The highest BCUT2D eigenvalue weighted by molar-refractivity contribution is 7.07. The van der Waals surface area contributed by atoms with Gasteiger partial charge in [0.1, 0.15) is 5.75 Å². The lowest BCUT2D eigenvalue weighted by Gasteiger charge is -2.27. The SMILES string of the molecule is CN(CCc1ccsc1)C(=O)NC[C@@H]1Cc2ccc(O)cc2CN1. The van der Waals surface area contributed by atoms with Crippen molar-refractivity contribution in [1.82, 2.24) is 15.5 Å². The zero-order valence-corrected chi connectivity index (χ0v) is 14.6. The van der Waals surface area contributed by atoms with E-state index < -0.39 is 0 Å². The number of carbonyl (C=O) groups excluding carboxylic acids is 1. The Bertz CT molecular complexity index is 688. The first-order chi connectivity index (χ1) is 11.6. The van der Waals surface area contributed by atoms with Crippen LogP contribution in [0, 0.1) is 0 Å². The molecule has 2 heterocycles. The van der Waals surface area contributed by atoms with Crippen LogP contribution in [0.3, 0.4) is 0 Å². The van der Waals surface area contributed by atoms with Gasteiger partial charge in [0.05, 0.1) is 0 Å². The number of hydrogen-bond donors (Lipinski definition) is 3. The molecular formula is C18H23N3O2S. The van der Waals surface area contributed by atoms with Crippen LogP contribution in [0.2, 0.25) is 0 Å². The summed E-state index contributed by atoms with van der Waals surface area (Å²) in [5.74, 6) is 0.301. The number of phenolic OH excluding ortho intramolecular Hbond substituents is 1. The molecule has 24 heavy (non-hydrogen) atoms. The third-order valence-corrected chi connectivity index (χ3v) is 5.13. The topological polar surface area (TPSA) is 64.6 Å². The fraction of sp³-hybridized carbons (Fsp3) is 0.389. The molecule has 0 aliphatic carbocycles. The quantitative estimate of drug-likeness (QED) is 0.779. The molecule has 0 saturated heterocycles. The van der Waals surface area contributed by atoms with Gasteiger partial charge in [0.2, 0.25) is 0 Å². The van der Waals surface area contributed by atoms with E-state index in [1.807, 2.05) is 13.1 Å². The smallest absolute Gasteiger partial charge is 0.317 e. The Balaban J connectivity index is 1.44. The molecule has 2 aromatic rings. The number of benzene rings is 1. The van der Waals surface area contributed by atoms with Gasteiger partial charge in [-0.3, -0.25) is 0 Å². The molecular weight excluding hydrogens is 322 g/mol. The number of fused-ring (bicyclic) bond motifs is 1. The van der Waals surface area contributed by atoms with Gasteiger partial charge >= 0.3 is 6.03 Å². The molecule has 0 spiro atoms. The number of phenols is 1. The van der Waals surface area contributed by atoms with Gasteiger partial charge in [-0.25, -0.2) is 4.79 Å². The van der Waals surface area contributed by atoms with Gasteiger partial charge in [0.15, 0.2) is 0 Å².